The summed E-state index contributed by atoms with van der Waals surface area (Å²) in [5.74, 6) is 0. The van der Waals surface area contributed by atoms with E-state index in [0.717, 1.165) is 36.6 Å². The number of benzene rings is 1. The van der Waals surface area contributed by atoms with E-state index in [1.807, 2.05) is 29.3 Å². The molecule has 0 radical (unpaired) electrons. The third-order valence-electron chi connectivity index (χ3n) is 2.87. The molecule has 1 unspecified atom stereocenters. The molecular formula is C12H17ClN2O. The highest BCUT2D eigenvalue weighted by Gasteiger charge is 2.23. The van der Waals surface area contributed by atoms with E-state index in [0.29, 0.717) is 6.54 Å². The molecule has 1 aliphatic rings. The number of halogens is 1. The van der Waals surface area contributed by atoms with Crippen LogP contribution in [0.5, 0.6) is 0 Å². The summed E-state index contributed by atoms with van der Waals surface area (Å²) in [7, 11) is 0. The van der Waals surface area contributed by atoms with E-state index >= 15 is 0 Å². The summed E-state index contributed by atoms with van der Waals surface area (Å²) in [6.07, 6.45) is 2.28. The van der Waals surface area contributed by atoms with Crippen LogP contribution < -0.4 is 5.73 Å². The van der Waals surface area contributed by atoms with Crippen LogP contribution in [0.15, 0.2) is 24.3 Å². The van der Waals surface area contributed by atoms with Gasteiger partial charge in [-0.3, -0.25) is 4.84 Å². The molecule has 1 aromatic rings. The fourth-order valence-electron chi connectivity index (χ4n) is 2.01. The average Bonchev–Trinajstić information content (AvgIpc) is 2.34. The SMILES string of the molecule is NCC(c1ccccc1Cl)N1CCCCO1. The van der Waals surface area contributed by atoms with Crippen molar-refractivity contribution in [2.45, 2.75) is 18.9 Å². The first-order valence-electron chi connectivity index (χ1n) is 5.67. The lowest BCUT2D eigenvalue weighted by atomic mass is 10.1. The van der Waals surface area contributed by atoms with E-state index in [2.05, 4.69) is 0 Å². The van der Waals surface area contributed by atoms with Crippen molar-refractivity contribution in [1.82, 2.24) is 5.06 Å². The molecule has 1 heterocycles. The van der Waals surface area contributed by atoms with Crippen LogP contribution in [-0.4, -0.2) is 24.8 Å². The summed E-state index contributed by atoms with van der Waals surface area (Å²) in [6.45, 7) is 2.22. The van der Waals surface area contributed by atoms with E-state index in [4.69, 9.17) is 22.2 Å². The van der Waals surface area contributed by atoms with E-state index < -0.39 is 0 Å². The molecule has 3 nitrogen and oxygen atoms in total. The Morgan fingerprint density at radius 1 is 1.38 bits per heavy atom. The van der Waals surface area contributed by atoms with Gasteiger partial charge in [-0.15, -0.1) is 0 Å². The zero-order valence-electron chi connectivity index (χ0n) is 9.23. The summed E-state index contributed by atoms with van der Waals surface area (Å²) in [6, 6.07) is 7.88. The van der Waals surface area contributed by atoms with Gasteiger partial charge in [-0.05, 0) is 24.5 Å². The van der Waals surface area contributed by atoms with Crippen molar-refractivity contribution in [2.24, 2.45) is 5.73 Å². The van der Waals surface area contributed by atoms with Crippen molar-refractivity contribution in [2.75, 3.05) is 19.7 Å². The minimum absolute atomic E-state index is 0.0639. The van der Waals surface area contributed by atoms with Gasteiger partial charge in [0.1, 0.15) is 0 Å². The Bertz CT molecular complexity index is 340. The van der Waals surface area contributed by atoms with Gasteiger partial charge >= 0.3 is 0 Å². The average molecular weight is 241 g/mol. The quantitative estimate of drug-likeness (QED) is 0.882. The standard InChI is InChI=1S/C12H17ClN2O/c13-11-6-2-1-5-10(11)12(9-14)15-7-3-4-8-16-15/h1-2,5-6,12H,3-4,7-9,14H2. The molecule has 16 heavy (non-hydrogen) atoms. The molecule has 0 aliphatic carbocycles. The topological polar surface area (TPSA) is 38.5 Å². The van der Waals surface area contributed by atoms with Crippen molar-refractivity contribution in [3.63, 3.8) is 0 Å². The molecule has 2 rings (SSSR count). The Morgan fingerprint density at radius 3 is 2.81 bits per heavy atom. The van der Waals surface area contributed by atoms with E-state index in [1.54, 1.807) is 0 Å². The Hall–Kier alpha value is -0.610. The molecule has 1 fully saturated rings. The van der Waals surface area contributed by atoms with Gasteiger partial charge in [0, 0.05) is 18.1 Å². The number of nitrogens with two attached hydrogens (primary N) is 1. The van der Waals surface area contributed by atoms with Crippen LogP contribution in [0.3, 0.4) is 0 Å². The van der Waals surface area contributed by atoms with Gasteiger partial charge in [0.05, 0.1) is 12.6 Å². The van der Waals surface area contributed by atoms with Crippen molar-refractivity contribution in [1.29, 1.82) is 0 Å². The fourth-order valence-corrected chi connectivity index (χ4v) is 2.27. The maximum absolute atomic E-state index is 6.18. The van der Waals surface area contributed by atoms with Crippen molar-refractivity contribution in [3.05, 3.63) is 34.9 Å². The molecule has 88 valence electrons. The van der Waals surface area contributed by atoms with Gasteiger partial charge in [0.15, 0.2) is 0 Å². The zero-order valence-corrected chi connectivity index (χ0v) is 9.99. The van der Waals surface area contributed by atoms with E-state index in [1.165, 1.54) is 0 Å². The van der Waals surface area contributed by atoms with Crippen LogP contribution >= 0.6 is 11.6 Å². The summed E-state index contributed by atoms with van der Waals surface area (Å²) in [5.41, 5.74) is 6.87. The Kier molecular flexibility index (Phi) is 4.18. The van der Waals surface area contributed by atoms with Gasteiger partial charge in [-0.1, -0.05) is 29.8 Å². The zero-order chi connectivity index (χ0) is 11.4. The highest BCUT2D eigenvalue weighted by molar-refractivity contribution is 6.31. The molecule has 0 spiro atoms. The Morgan fingerprint density at radius 2 is 2.19 bits per heavy atom. The number of hydroxylamine groups is 2. The molecule has 1 saturated heterocycles. The first-order chi connectivity index (χ1) is 7.83. The summed E-state index contributed by atoms with van der Waals surface area (Å²) in [5, 5.41) is 2.72. The van der Waals surface area contributed by atoms with Crippen molar-refractivity contribution in [3.8, 4) is 0 Å². The normalized spacial score (nSPS) is 19.6. The highest BCUT2D eigenvalue weighted by atomic mass is 35.5. The third kappa shape index (κ3) is 2.55. The minimum Gasteiger partial charge on any atom is -0.329 e. The summed E-state index contributed by atoms with van der Waals surface area (Å²) in [4.78, 5) is 5.64. The first kappa shape index (κ1) is 11.9. The summed E-state index contributed by atoms with van der Waals surface area (Å²) < 4.78 is 0. The molecule has 2 N–H and O–H groups in total. The van der Waals surface area contributed by atoms with Gasteiger partial charge < -0.3 is 5.73 Å². The lowest BCUT2D eigenvalue weighted by Gasteiger charge is -2.33. The van der Waals surface area contributed by atoms with Crippen LogP contribution in [0.25, 0.3) is 0 Å². The number of hydrogen-bond donors (Lipinski definition) is 1. The lowest BCUT2D eigenvalue weighted by Crippen LogP contribution is -2.37. The van der Waals surface area contributed by atoms with E-state index in [9.17, 15) is 0 Å². The van der Waals surface area contributed by atoms with Crippen LogP contribution in [0.2, 0.25) is 5.02 Å². The lowest BCUT2D eigenvalue weighted by molar-refractivity contribution is -0.206. The molecule has 0 saturated carbocycles. The number of hydrogen-bond acceptors (Lipinski definition) is 3. The predicted molar refractivity (Wildman–Crippen MR) is 65.1 cm³/mol. The van der Waals surface area contributed by atoms with Gasteiger partial charge in [0.25, 0.3) is 0 Å². The molecule has 4 heteroatoms. The van der Waals surface area contributed by atoms with Gasteiger partial charge in [0.2, 0.25) is 0 Å². The minimum atomic E-state index is 0.0639. The first-order valence-corrected chi connectivity index (χ1v) is 6.05. The Balaban J connectivity index is 2.18. The fraction of sp³-hybridized carbons (Fsp3) is 0.500. The second kappa shape index (κ2) is 5.64. The van der Waals surface area contributed by atoms with Gasteiger partial charge in [-0.2, -0.15) is 5.06 Å². The van der Waals surface area contributed by atoms with Gasteiger partial charge in [-0.25, -0.2) is 0 Å². The molecule has 0 amide bonds. The molecule has 1 aliphatic heterocycles. The van der Waals surface area contributed by atoms with Crippen LogP contribution in [0.1, 0.15) is 24.4 Å². The predicted octanol–water partition coefficient (Wildman–Crippen LogP) is 2.37. The second-order valence-corrected chi connectivity index (χ2v) is 4.36. The third-order valence-corrected chi connectivity index (χ3v) is 3.21. The molecule has 0 aromatic heterocycles. The Labute approximate surface area is 101 Å². The maximum atomic E-state index is 6.18. The largest absolute Gasteiger partial charge is 0.329 e. The van der Waals surface area contributed by atoms with Crippen molar-refractivity contribution < 1.29 is 4.84 Å². The van der Waals surface area contributed by atoms with Crippen molar-refractivity contribution >= 4 is 11.6 Å². The molecule has 1 aromatic carbocycles. The number of rotatable bonds is 3. The second-order valence-electron chi connectivity index (χ2n) is 3.95. The highest BCUT2D eigenvalue weighted by Crippen LogP contribution is 2.28. The molecule has 1 atom stereocenters. The maximum Gasteiger partial charge on any atom is 0.0738 e. The van der Waals surface area contributed by atoms with Crippen LogP contribution in [0, 0.1) is 0 Å². The van der Waals surface area contributed by atoms with E-state index in [-0.39, 0.29) is 6.04 Å². The monoisotopic (exact) mass is 240 g/mol. The number of nitrogens with zero attached hydrogens (tertiary/aromatic N) is 1. The molecular weight excluding hydrogens is 224 g/mol. The summed E-state index contributed by atoms with van der Waals surface area (Å²) >= 11 is 6.18. The van der Waals surface area contributed by atoms with Crippen LogP contribution in [-0.2, 0) is 4.84 Å². The van der Waals surface area contributed by atoms with Crippen LogP contribution in [0.4, 0.5) is 0 Å². The molecule has 0 bridgehead atoms. The smallest absolute Gasteiger partial charge is 0.0738 e.